The molecule has 0 saturated carbocycles. The summed E-state index contributed by atoms with van der Waals surface area (Å²) < 4.78 is 20.3. The smallest absolute Gasteiger partial charge is 0.187 e. The zero-order valence-electron chi connectivity index (χ0n) is 24.3. The lowest BCUT2D eigenvalue weighted by molar-refractivity contribution is -0.327. The molecule has 2 aliphatic rings. The molecule has 0 spiro atoms. The highest BCUT2D eigenvalue weighted by atomic mass is 16.7. The predicted octanol–water partition coefficient (Wildman–Crippen LogP) is -11.5. The lowest BCUT2D eigenvalue weighted by atomic mass is 9.98. The van der Waals surface area contributed by atoms with Crippen LogP contribution in [0.5, 0.6) is 0 Å². The highest BCUT2D eigenvalue weighted by molar-refractivity contribution is 4.92. The lowest BCUT2D eigenvalue weighted by Crippen LogP contribution is -2.61. The minimum absolute atomic E-state index is 0.708. The number of hydrogen-bond donors (Lipinski definition) is 18. The van der Waals surface area contributed by atoms with E-state index in [0.717, 1.165) is 0 Å². The van der Waals surface area contributed by atoms with E-state index in [-0.39, 0.29) is 0 Å². The van der Waals surface area contributed by atoms with Crippen molar-refractivity contribution in [3.63, 3.8) is 0 Å². The monoisotopic (exact) mass is 688 g/mol. The first-order chi connectivity index (χ1) is 21.6. The fourth-order valence-corrected chi connectivity index (χ4v) is 4.33. The summed E-state index contributed by atoms with van der Waals surface area (Å²) in [6.07, 6.45) is -30.2. The van der Waals surface area contributed by atoms with Gasteiger partial charge in [-0.15, -0.1) is 0 Å². The Morgan fingerprint density at radius 3 is 0.935 bits per heavy atom. The minimum Gasteiger partial charge on any atom is -0.394 e. The Kier molecular flexibility index (Phi) is 19.3. The number of rotatable bonds is 16. The SMILES string of the molecule is OC[C@@H](O)[C@@H](O[C@@H]1O[C@H](CO)[C@H](O)[C@H](O)[C@H]1O)[C@H](O)[C@@H](O)CO.OC[C@@H](O)[C@@H](O[C@H]1O[C@H](CO)[C@@H](O)[C@H](O)[C@H]1O)[C@H](O)[C@@H](O)CO. The molecule has 0 aromatic heterocycles. The van der Waals surface area contributed by atoms with Crippen molar-refractivity contribution in [3.05, 3.63) is 0 Å². The van der Waals surface area contributed by atoms with Gasteiger partial charge in [0, 0.05) is 0 Å². The van der Waals surface area contributed by atoms with Crippen molar-refractivity contribution in [2.75, 3.05) is 39.6 Å². The molecule has 2 heterocycles. The molecule has 0 aromatic rings. The highest BCUT2D eigenvalue weighted by Gasteiger charge is 2.48. The summed E-state index contributed by atoms with van der Waals surface area (Å²) in [6.45, 7) is -4.91. The van der Waals surface area contributed by atoms with Gasteiger partial charge in [0.25, 0.3) is 0 Å². The van der Waals surface area contributed by atoms with Gasteiger partial charge in [-0.05, 0) is 0 Å². The van der Waals surface area contributed by atoms with Crippen molar-refractivity contribution in [2.45, 2.75) is 110 Å². The van der Waals surface area contributed by atoms with Crippen LogP contribution in [0.3, 0.4) is 0 Å². The van der Waals surface area contributed by atoms with E-state index in [1.54, 1.807) is 0 Å². The molecule has 276 valence electrons. The Hall–Kier alpha value is -0.880. The number of aliphatic hydroxyl groups excluding tert-OH is 18. The topological polar surface area (TPSA) is 401 Å². The third kappa shape index (κ3) is 11.1. The van der Waals surface area contributed by atoms with Crippen molar-refractivity contribution in [2.24, 2.45) is 0 Å². The molecule has 2 aliphatic heterocycles. The fraction of sp³-hybridized carbons (Fsp3) is 1.00. The molecule has 0 aromatic carbocycles. The Labute approximate surface area is 261 Å². The standard InChI is InChI=1S/2C12H24O11/c2*13-1-4(16)7(18)11(5(17)2-14)23-12-10(21)9(20)8(19)6(3-15)22-12/h2*4-21H,1-3H2/t4-,5+,6+,7+,8+,9-,10+,11+,12+;4-,5+,6+,7+,8-,9-,10+,11+,12-/m00/s1. The first-order valence-electron chi connectivity index (χ1n) is 14.0. The van der Waals surface area contributed by atoms with Crippen LogP contribution in [0.1, 0.15) is 0 Å². The summed E-state index contributed by atoms with van der Waals surface area (Å²) in [5.74, 6) is 0. The molecule has 2 saturated heterocycles. The van der Waals surface area contributed by atoms with Gasteiger partial charge in [-0.25, -0.2) is 0 Å². The maximum absolute atomic E-state index is 9.83. The summed E-state index contributed by atoms with van der Waals surface area (Å²) in [7, 11) is 0. The summed E-state index contributed by atoms with van der Waals surface area (Å²) in [6, 6.07) is 0. The molecule has 22 heteroatoms. The molecular weight excluding hydrogens is 640 g/mol. The van der Waals surface area contributed by atoms with Crippen LogP contribution in [0.15, 0.2) is 0 Å². The number of aliphatic hydroxyl groups is 18. The van der Waals surface area contributed by atoms with E-state index in [1.807, 2.05) is 0 Å². The van der Waals surface area contributed by atoms with Gasteiger partial charge in [0.05, 0.1) is 39.6 Å². The highest BCUT2D eigenvalue weighted by Crippen LogP contribution is 2.26. The molecule has 22 nitrogen and oxygen atoms in total. The summed E-state index contributed by atoms with van der Waals surface area (Å²) in [5.41, 5.74) is 0. The van der Waals surface area contributed by atoms with E-state index in [2.05, 4.69) is 0 Å². The predicted molar refractivity (Wildman–Crippen MR) is 142 cm³/mol. The van der Waals surface area contributed by atoms with Gasteiger partial charge >= 0.3 is 0 Å². The molecule has 0 unspecified atom stereocenters. The molecule has 0 amide bonds. The number of hydrogen-bond acceptors (Lipinski definition) is 22. The molecule has 0 bridgehead atoms. The molecular formula is C24H48O22. The van der Waals surface area contributed by atoms with E-state index in [9.17, 15) is 61.3 Å². The van der Waals surface area contributed by atoms with E-state index in [4.69, 9.17) is 49.6 Å². The lowest BCUT2D eigenvalue weighted by Gasteiger charge is -2.42. The summed E-state index contributed by atoms with van der Waals surface area (Å²) >= 11 is 0. The Morgan fingerprint density at radius 1 is 0.413 bits per heavy atom. The average molecular weight is 689 g/mol. The second-order valence-electron chi connectivity index (χ2n) is 10.6. The number of ether oxygens (including phenoxy) is 4. The van der Waals surface area contributed by atoms with Crippen LogP contribution < -0.4 is 0 Å². The van der Waals surface area contributed by atoms with Gasteiger partial charge in [0.1, 0.15) is 97.7 Å². The third-order valence-corrected chi connectivity index (χ3v) is 7.25. The van der Waals surface area contributed by atoms with Gasteiger partial charge in [-0.2, -0.15) is 0 Å². The molecule has 18 atom stereocenters. The first-order valence-corrected chi connectivity index (χ1v) is 14.0. The van der Waals surface area contributed by atoms with Crippen LogP contribution in [0.25, 0.3) is 0 Å². The molecule has 0 aliphatic carbocycles. The zero-order valence-corrected chi connectivity index (χ0v) is 24.3. The van der Waals surface area contributed by atoms with Crippen molar-refractivity contribution in [1.82, 2.24) is 0 Å². The Bertz CT molecular complexity index is 746. The van der Waals surface area contributed by atoms with Crippen LogP contribution in [0.4, 0.5) is 0 Å². The third-order valence-electron chi connectivity index (χ3n) is 7.25. The van der Waals surface area contributed by atoms with Crippen LogP contribution in [0, 0.1) is 0 Å². The molecule has 0 radical (unpaired) electrons. The van der Waals surface area contributed by atoms with Crippen LogP contribution in [-0.2, 0) is 18.9 Å². The largest absolute Gasteiger partial charge is 0.394 e. The van der Waals surface area contributed by atoms with E-state index in [0.29, 0.717) is 0 Å². The molecule has 46 heavy (non-hydrogen) atoms. The second-order valence-corrected chi connectivity index (χ2v) is 10.6. The van der Waals surface area contributed by atoms with E-state index < -0.39 is 150 Å². The van der Waals surface area contributed by atoms with Gasteiger partial charge in [-0.1, -0.05) is 0 Å². The van der Waals surface area contributed by atoms with Crippen molar-refractivity contribution >= 4 is 0 Å². The van der Waals surface area contributed by atoms with Crippen LogP contribution in [0.2, 0.25) is 0 Å². The van der Waals surface area contributed by atoms with Gasteiger partial charge in [-0.3, -0.25) is 0 Å². The van der Waals surface area contributed by atoms with Crippen LogP contribution in [-0.4, -0.2) is 242 Å². The first kappa shape index (κ1) is 43.1. The second kappa shape index (κ2) is 20.6. The van der Waals surface area contributed by atoms with Crippen molar-refractivity contribution in [1.29, 1.82) is 0 Å². The Balaban J connectivity index is 0.000000460. The quantitative estimate of drug-likeness (QED) is 0.0715. The Morgan fingerprint density at radius 2 is 0.696 bits per heavy atom. The van der Waals surface area contributed by atoms with Crippen molar-refractivity contribution in [3.8, 4) is 0 Å². The van der Waals surface area contributed by atoms with Gasteiger partial charge in [0.2, 0.25) is 0 Å². The van der Waals surface area contributed by atoms with Gasteiger partial charge < -0.3 is 111 Å². The maximum Gasteiger partial charge on any atom is 0.187 e. The molecule has 2 rings (SSSR count). The average Bonchev–Trinajstić information content (AvgIpc) is 3.07. The van der Waals surface area contributed by atoms with E-state index in [1.165, 1.54) is 0 Å². The minimum atomic E-state index is -1.85. The summed E-state index contributed by atoms with van der Waals surface area (Å²) in [4.78, 5) is 0. The van der Waals surface area contributed by atoms with E-state index >= 15 is 0 Å². The zero-order chi connectivity index (χ0) is 35.5. The molecule has 18 N–H and O–H groups in total. The van der Waals surface area contributed by atoms with Crippen LogP contribution >= 0.6 is 0 Å². The fourth-order valence-electron chi connectivity index (χ4n) is 4.33. The maximum atomic E-state index is 9.83. The van der Waals surface area contributed by atoms with Crippen molar-refractivity contribution < 1.29 is 111 Å². The normalized spacial score (nSPS) is 37.2. The van der Waals surface area contributed by atoms with Gasteiger partial charge in [0.15, 0.2) is 12.6 Å². The summed E-state index contributed by atoms with van der Waals surface area (Å²) in [5, 5.41) is 170. The molecule has 2 fully saturated rings.